The van der Waals surface area contributed by atoms with E-state index in [1.807, 2.05) is 13.8 Å². The van der Waals surface area contributed by atoms with Gasteiger partial charge in [-0.15, -0.1) is 0 Å². The predicted molar refractivity (Wildman–Crippen MR) is 62.5 cm³/mol. The van der Waals surface area contributed by atoms with E-state index in [4.69, 9.17) is 10.5 Å². The maximum atomic E-state index is 9.56. The summed E-state index contributed by atoms with van der Waals surface area (Å²) in [5.74, 6) is 1.03. The van der Waals surface area contributed by atoms with Gasteiger partial charge in [0, 0.05) is 12.6 Å². The van der Waals surface area contributed by atoms with Crippen molar-refractivity contribution in [3.05, 3.63) is 23.8 Å². The fraction of sp³-hybridized carbons (Fsp3) is 0.500. The average molecular weight is 225 g/mol. The van der Waals surface area contributed by atoms with Crippen molar-refractivity contribution < 1.29 is 14.9 Å². The predicted octanol–water partition coefficient (Wildman–Crippen LogP) is 1.42. The molecule has 1 aromatic rings. The van der Waals surface area contributed by atoms with Crippen LogP contribution in [0.4, 0.5) is 0 Å². The van der Waals surface area contributed by atoms with Crippen molar-refractivity contribution >= 4 is 0 Å². The summed E-state index contributed by atoms with van der Waals surface area (Å²) in [5.41, 5.74) is 5.92. The molecule has 90 valence electrons. The Balaban J connectivity index is 2.81. The standard InChI is InChI=1S/C12H19NO3/c1-8(2)7-16-11-4-9(12(15)6-13)3-10(14)5-11/h3-5,8,12,14-15H,6-7,13H2,1-2H3. The molecule has 0 spiro atoms. The summed E-state index contributed by atoms with van der Waals surface area (Å²) in [5, 5.41) is 19.0. The van der Waals surface area contributed by atoms with Crippen LogP contribution in [-0.4, -0.2) is 23.4 Å². The monoisotopic (exact) mass is 225 g/mol. The van der Waals surface area contributed by atoms with Crippen molar-refractivity contribution in [3.63, 3.8) is 0 Å². The van der Waals surface area contributed by atoms with Crippen LogP contribution in [0.15, 0.2) is 18.2 Å². The molecule has 0 aliphatic heterocycles. The Morgan fingerprint density at radius 1 is 1.31 bits per heavy atom. The Bertz CT molecular complexity index is 339. The number of aliphatic hydroxyl groups is 1. The SMILES string of the molecule is CC(C)COc1cc(O)cc(C(O)CN)c1. The summed E-state index contributed by atoms with van der Waals surface area (Å²) < 4.78 is 5.47. The highest BCUT2D eigenvalue weighted by molar-refractivity contribution is 5.38. The van der Waals surface area contributed by atoms with Gasteiger partial charge in [0.15, 0.2) is 0 Å². The lowest BCUT2D eigenvalue weighted by atomic mass is 10.1. The van der Waals surface area contributed by atoms with Crippen LogP contribution in [0, 0.1) is 5.92 Å². The van der Waals surface area contributed by atoms with E-state index in [2.05, 4.69) is 0 Å². The molecule has 1 rings (SSSR count). The van der Waals surface area contributed by atoms with Gasteiger partial charge in [-0.05, 0) is 23.6 Å². The summed E-state index contributed by atoms with van der Waals surface area (Å²) in [6.45, 7) is 4.77. The van der Waals surface area contributed by atoms with E-state index in [1.54, 1.807) is 6.07 Å². The smallest absolute Gasteiger partial charge is 0.123 e. The third-order valence-electron chi connectivity index (χ3n) is 2.10. The Morgan fingerprint density at radius 2 is 2.00 bits per heavy atom. The highest BCUT2D eigenvalue weighted by Gasteiger charge is 2.09. The zero-order valence-corrected chi connectivity index (χ0v) is 9.68. The van der Waals surface area contributed by atoms with Crippen LogP contribution in [0.5, 0.6) is 11.5 Å². The molecule has 4 heteroatoms. The number of benzene rings is 1. The van der Waals surface area contributed by atoms with Gasteiger partial charge in [0.25, 0.3) is 0 Å². The van der Waals surface area contributed by atoms with Crippen molar-refractivity contribution in [2.24, 2.45) is 11.7 Å². The minimum atomic E-state index is -0.770. The van der Waals surface area contributed by atoms with E-state index >= 15 is 0 Å². The number of aromatic hydroxyl groups is 1. The lowest BCUT2D eigenvalue weighted by Crippen LogP contribution is -2.12. The topological polar surface area (TPSA) is 75.7 Å². The fourth-order valence-corrected chi connectivity index (χ4v) is 1.28. The number of ether oxygens (including phenoxy) is 1. The first-order valence-corrected chi connectivity index (χ1v) is 5.37. The van der Waals surface area contributed by atoms with Crippen molar-refractivity contribution in [1.29, 1.82) is 0 Å². The molecule has 4 nitrogen and oxygen atoms in total. The minimum Gasteiger partial charge on any atom is -0.508 e. The van der Waals surface area contributed by atoms with Crippen LogP contribution in [0.3, 0.4) is 0 Å². The molecular weight excluding hydrogens is 206 g/mol. The average Bonchev–Trinajstić information content (AvgIpc) is 2.24. The molecule has 1 unspecified atom stereocenters. The maximum absolute atomic E-state index is 9.56. The number of nitrogens with two attached hydrogens (primary N) is 1. The Hall–Kier alpha value is -1.26. The molecule has 0 radical (unpaired) electrons. The summed E-state index contributed by atoms with van der Waals surface area (Å²) >= 11 is 0. The van der Waals surface area contributed by atoms with Gasteiger partial charge in [0.05, 0.1) is 12.7 Å². The van der Waals surface area contributed by atoms with Gasteiger partial charge < -0.3 is 20.7 Å². The van der Waals surface area contributed by atoms with Crippen molar-refractivity contribution in [2.45, 2.75) is 20.0 Å². The van der Waals surface area contributed by atoms with Crippen LogP contribution in [0.2, 0.25) is 0 Å². The van der Waals surface area contributed by atoms with Crippen LogP contribution >= 0.6 is 0 Å². The van der Waals surface area contributed by atoms with Gasteiger partial charge in [-0.1, -0.05) is 13.8 Å². The Kier molecular flexibility index (Phi) is 4.58. The second-order valence-electron chi connectivity index (χ2n) is 4.22. The lowest BCUT2D eigenvalue weighted by molar-refractivity contribution is 0.185. The molecule has 0 amide bonds. The molecule has 4 N–H and O–H groups in total. The first-order valence-electron chi connectivity index (χ1n) is 5.37. The van der Waals surface area contributed by atoms with Gasteiger partial charge in [-0.2, -0.15) is 0 Å². The van der Waals surface area contributed by atoms with Crippen LogP contribution in [0.25, 0.3) is 0 Å². The second kappa shape index (κ2) is 5.72. The molecule has 0 saturated heterocycles. The van der Waals surface area contributed by atoms with Crippen molar-refractivity contribution in [1.82, 2.24) is 0 Å². The highest BCUT2D eigenvalue weighted by atomic mass is 16.5. The summed E-state index contributed by atoms with van der Waals surface area (Å²) in [4.78, 5) is 0. The van der Waals surface area contributed by atoms with Gasteiger partial charge in [0.1, 0.15) is 11.5 Å². The number of phenolic OH excluding ortho intramolecular Hbond substituents is 1. The summed E-state index contributed by atoms with van der Waals surface area (Å²) in [6, 6.07) is 4.70. The molecule has 16 heavy (non-hydrogen) atoms. The van der Waals surface area contributed by atoms with Crippen LogP contribution in [0.1, 0.15) is 25.5 Å². The molecule has 0 aliphatic carbocycles. The minimum absolute atomic E-state index is 0.0729. The maximum Gasteiger partial charge on any atom is 0.123 e. The largest absolute Gasteiger partial charge is 0.508 e. The number of hydrogen-bond acceptors (Lipinski definition) is 4. The second-order valence-corrected chi connectivity index (χ2v) is 4.22. The highest BCUT2D eigenvalue weighted by Crippen LogP contribution is 2.25. The van der Waals surface area contributed by atoms with Gasteiger partial charge >= 0.3 is 0 Å². The molecule has 0 aromatic heterocycles. The number of aliphatic hydroxyl groups excluding tert-OH is 1. The van der Waals surface area contributed by atoms with Crippen LogP contribution in [-0.2, 0) is 0 Å². The molecule has 0 aliphatic rings. The zero-order valence-electron chi connectivity index (χ0n) is 9.68. The molecule has 0 heterocycles. The first kappa shape index (κ1) is 12.8. The summed E-state index contributed by atoms with van der Waals surface area (Å²) in [7, 11) is 0. The normalized spacial score (nSPS) is 12.8. The molecule has 0 bridgehead atoms. The Morgan fingerprint density at radius 3 is 2.56 bits per heavy atom. The van der Waals surface area contributed by atoms with E-state index in [0.29, 0.717) is 23.8 Å². The summed E-state index contributed by atoms with van der Waals surface area (Å²) in [6.07, 6.45) is -0.770. The fourth-order valence-electron chi connectivity index (χ4n) is 1.28. The van der Waals surface area contributed by atoms with E-state index < -0.39 is 6.10 Å². The third kappa shape index (κ3) is 3.72. The molecule has 0 fully saturated rings. The van der Waals surface area contributed by atoms with Crippen molar-refractivity contribution in [2.75, 3.05) is 13.2 Å². The number of hydrogen-bond donors (Lipinski definition) is 3. The quantitative estimate of drug-likeness (QED) is 0.708. The number of phenols is 1. The Labute approximate surface area is 95.7 Å². The lowest BCUT2D eigenvalue weighted by Gasteiger charge is -2.13. The number of rotatable bonds is 5. The molecule has 0 saturated carbocycles. The van der Waals surface area contributed by atoms with E-state index in [1.165, 1.54) is 12.1 Å². The molecular formula is C12H19NO3. The molecule has 1 aromatic carbocycles. The van der Waals surface area contributed by atoms with Gasteiger partial charge in [-0.25, -0.2) is 0 Å². The van der Waals surface area contributed by atoms with E-state index in [-0.39, 0.29) is 12.3 Å². The van der Waals surface area contributed by atoms with E-state index in [9.17, 15) is 10.2 Å². The van der Waals surface area contributed by atoms with Gasteiger partial charge in [-0.3, -0.25) is 0 Å². The molecule has 1 atom stereocenters. The first-order chi connectivity index (χ1) is 7.52. The zero-order chi connectivity index (χ0) is 12.1. The van der Waals surface area contributed by atoms with Crippen LogP contribution < -0.4 is 10.5 Å². The van der Waals surface area contributed by atoms with E-state index in [0.717, 1.165) is 0 Å². The third-order valence-corrected chi connectivity index (χ3v) is 2.10. The van der Waals surface area contributed by atoms with Gasteiger partial charge in [0.2, 0.25) is 0 Å². The van der Waals surface area contributed by atoms with Crippen molar-refractivity contribution in [3.8, 4) is 11.5 Å².